The smallest absolute Gasteiger partial charge is 0.210 e. The van der Waals surface area contributed by atoms with Gasteiger partial charge in [0.1, 0.15) is 11.7 Å². The molecule has 1 fully saturated rings. The fourth-order valence-electron chi connectivity index (χ4n) is 1.55. The van der Waals surface area contributed by atoms with Crippen molar-refractivity contribution in [3.05, 3.63) is 12.2 Å². The van der Waals surface area contributed by atoms with E-state index in [-0.39, 0.29) is 0 Å². The fraction of sp³-hybridized carbons (Fsp3) is 0.625. The Bertz CT molecular complexity index is 336. The van der Waals surface area contributed by atoms with Crippen molar-refractivity contribution in [2.24, 2.45) is 0 Å². The van der Waals surface area contributed by atoms with Crippen molar-refractivity contribution in [3.8, 4) is 0 Å². The molecule has 2 nitrogen and oxygen atoms in total. The van der Waals surface area contributed by atoms with Crippen LogP contribution in [0.15, 0.2) is 12.2 Å². The Kier molecular flexibility index (Phi) is 2.21. The van der Waals surface area contributed by atoms with Crippen molar-refractivity contribution in [1.82, 2.24) is 0 Å². The maximum Gasteiger partial charge on any atom is 0.210 e. The Morgan fingerprint density at radius 1 is 1.36 bits per heavy atom. The predicted molar refractivity (Wildman–Crippen MR) is 56.3 cm³/mol. The van der Waals surface area contributed by atoms with E-state index in [9.17, 15) is 4.79 Å². The molecular formula is C8H6Cl4O2. The van der Waals surface area contributed by atoms with E-state index < -0.39 is 26.2 Å². The maximum atomic E-state index is 11.8. The van der Waals surface area contributed by atoms with Crippen LogP contribution in [0.3, 0.4) is 0 Å². The van der Waals surface area contributed by atoms with Gasteiger partial charge in [-0.3, -0.25) is 4.79 Å². The Morgan fingerprint density at radius 3 is 2.50 bits per heavy atom. The Hall–Kier alpha value is 0.530. The summed E-state index contributed by atoms with van der Waals surface area (Å²) in [6.45, 7) is 1.62. The standard InChI is InChI=1S/C8H6Cl4O2/c1-6-3-2-4(14-6)7(9,10)5(13)8(6,11)12/h2-4H,1H3/t4-,6+/m0/s1. The van der Waals surface area contributed by atoms with Crippen LogP contribution in [0.1, 0.15) is 6.92 Å². The number of rotatable bonds is 0. The number of carbonyl (C=O) groups excluding carboxylic acids is 1. The molecule has 0 radical (unpaired) electrons. The molecule has 2 aliphatic rings. The molecule has 1 saturated heterocycles. The quantitative estimate of drug-likeness (QED) is 0.502. The van der Waals surface area contributed by atoms with Gasteiger partial charge in [0.15, 0.2) is 0 Å². The van der Waals surface area contributed by atoms with Crippen LogP contribution in [-0.2, 0) is 9.53 Å². The van der Waals surface area contributed by atoms with E-state index in [1.165, 1.54) is 0 Å². The number of fused-ring (bicyclic) bond motifs is 2. The van der Waals surface area contributed by atoms with Gasteiger partial charge in [0.05, 0.1) is 0 Å². The molecular weight excluding hydrogens is 270 g/mol. The molecule has 0 saturated carbocycles. The summed E-state index contributed by atoms with van der Waals surface area (Å²) in [4.78, 5) is 11.8. The highest BCUT2D eigenvalue weighted by Gasteiger charge is 2.67. The zero-order chi connectivity index (χ0) is 10.8. The molecule has 6 heteroatoms. The highest BCUT2D eigenvalue weighted by atomic mass is 35.5. The lowest BCUT2D eigenvalue weighted by Crippen LogP contribution is -2.62. The van der Waals surface area contributed by atoms with Gasteiger partial charge in [-0.25, -0.2) is 0 Å². The third kappa shape index (κ3) is 1.12. The molecule has 14 heavy (non-hydrogen) atoms. The van der Waals surface area contributed by atoms with Gasteiger partial charge in [0.25, 0.3) is 0 Å². The molecule has 0 aromatic rings. The van der Waals surface area contributed by atoms with Gasteiger partial charge in [-0.05, 0) is 6.92 Å². The minimum atomic E-state index is -1.75. The number of hydrogen-bond acceptors (Lipinski definition) is 2. The third-order valence-corrected chi connectivity index (χ3v) is 4.40. The van der Waals surface area contributed by atoms with Crippen LogP contribution in [-0.4, -0.2) is 26.2 Å². The molecule has 0 aromatic heterocycles. The number of alkyl halides is 4. The molecule has 2 rings (SSSR count). The second kappa shape index (κ2) is 2.80. The van der Waals surface area contributed by atoms with Crippen molar-refractivity contribution in [2.45, 2.75) is 27.3 Å². The Labute approximate surface area is 101 Å². The SMILES string of the molecule is C[C@]12C=C[C@H](O1)C(Cl)(Cl)C(=O)C2(Cl)Cl. The Morgan fingerprint density at radius 2 is 1.93 bits per heavy atom. The molecule has 0 unspecified atom stereocenters. The monoisotopic (exact) mass is 274 g/mol. The van der Waals surface area contributed by atoms with Crippen LogP contribution >= 0.6 is 46.4 Å². The van der Waals surface area contributed by atoms with Crippen LogP contribution in [0.4, 0.5) is 0 Å². The molecule has 0 spiro atoms. The van der Waals surface area contributed by atoms with Crippen LogP contribution in [0.2, 0.25) is 0 Å². The molecule has 78 valence electrons. The number of Topliss-reactive ketones (excluding diaryl/α,β-unsaturated/α-hetero) is 1. The summed E-state index contributed by atoms with van der Waals surface area (Å²) >= 11 is 23.5. The molecule has 2 heterocycles. The number of ketones is 1. The van der Waals surface area contributed by atoms with Gasteiger partial charge in [0.2, 0.25) is 14.4 Å². The lowest BCUT2D eigenvalue weighted by molar-refractivity contribution is -0.139. The lowest BCUT2D eigenvalue weighted by atomic mass is 9.95. The first-order chi connectivity index (χ1) is 6.22. The van der Waals surface area contributed by atoms with E-state index in [4.69, 9.17) is 51.1 Å². The molecule has 2 bridgehead atoms. The minimum Gasteiger partial charge on any atom is -0.357 e. The molecule has 2 aliphatic heterocycles. The highest BCUT2D eigenvalue weighted by Crippen LogP contribution is 2.54. The van der Waals surface area contributed by atoms with Gasteiger partial charge in [-0.2, -0.15) is 0 Å². The number of ether oxygens (including phenoxy) is 1. The molecule has 0 aromatic carbocycles. The first-order valence-corrected chi connectivity index (χ1v) is 5.41. The second-order valence-corrected chi connectivity index (χ2v) is 6.24. The van der Waals surface area contributed by atoms with E-state index in [0.29, 0.717) is 0 Å². The highest BCUT2D eigenvalue weighted by molar-refractivity contribution is 6.70. The van der Waals surface area contributed by atoms with Crippen molar-refractivity contribution < 1.29 is 9.53 Å². The molecule has 0 amide bonds. The van der Waals surface area contributed by atoms with E-state index in [0.717, 1.165) is 0 Å². The lowest BCUT2D eigenvalue weighted by Gasteiger charge is -2.44. The number of hydrogen-bond donors (Lipinski definition) is 0. The van der Waals surface area contributed by atoms with Gasteiger partial charge >= 0.3 is 0 Å². The average molecular weight is 276 g/mol. The summed E-state index contributed by atoms with van der Waals surface area (Å²) in [6, 6.07) is 0. The van der Waals surface area contributed by atoms with Crippen molar-refractivity contribution in [2.75, 3.05) is 0 Å². The van der Waals surface area contributed by atoms with Crippen LogP contribution in [0.5, 0.6) is 0 Å². The third-order valence-electron chi connectivity index (χ3n) is 2.53. The largest absolute Gasteiger partial charge is 0.357 e. The molecule has 0 aliphatic carbocycles. The summed E-state index contributed by atoms with van der Waals surface area (Å²) in [5.41, 5.74) is -1.05. The number of carbonyl (C=O) groups is 1. The minimum absolute atomic E-state index is 0.639. The van der Waals surface area contributed by atoms with Gasteiger partial charge in [-0.1, -0.05) is 58.6 Å². The first-order valence-electron chi connectivity index (χ1n) is 3.89. The summed E-state index contributed by atoms with van der Waals surface area (Å²) in [7, 11) is 0. The van der Waals surface area contributed by atoms with Crippen LogP contribution in [0, 0.1) is 0 Å². The number of halogens is 4. The predicted octanol–water partition coefficient (Wildman–Crippen LogP) is 2.63. The zero-order valence-electron chi connectivity index (χ0n) is 7.06. The van der Waals surface area contributed by atoms with E-state index >= 15 is 0 Å². The van der Waals surface area contributed by atoms with E-state index in [1.54, 1.807) is 19.1 Å². The average Bonchev–Trinajstić information content (AvgIpc) is 2.45. The van der Waals surface area contributed by atoms with E-state index in [2.05, 4.69) is 0 Å². The second-order valence-electron chi connectivity index (χ2n) is 3.53. The summed E-state index contributed by atoms with van der Waals surface area (Å²) in [6.07, 6.45) is 2.53. The summed E-state index contributed by atoms with van der Waals surface area (Å²) in [5.74, 6) is -0.639. The van der Waals surface area contributed by atoms with Crippen LogP contribution < -0.4 is 0 Å². The topological polar surface area (TPSA) is 26.3 Å². The summed E-state index contributed by atoms with van der Waals surface area (Å²) in [5, 5.41) is 0. The first kappa shape index (κ1) is 11.0. The Balaban J connectivity index is 2.55. The van der Waals surface area contributed by atoms with Crippen LogP contribution in [0.25, 0.3) is 0 Å². The maximum absolute atomic E-state index is 11.8. The fourth-order valence-corrected chi connectivity index (χ4v) is 2.78. The van der Waals surface area contributed by atoms with Gasteiger partial charge in [-0.15, -0.1) is 0 Å². The molecule has 2 atom stereocenters. The van der Waals surface area contributed by atoms with E-state index in [1.807, 2.05) is 0 Å². The van der Waals surface area contributed by atoms with Gasteiger partial charge < -0.3 is 4.74 Å². The molecule has 0 N–H and O–H groups in total. The zero-order valence-corrected chi connectivity index (χ0v) is 10.1. The van der Waals surface area contributed by atoms with Crippen molar-refractivity contribution >= 4 is 52.2 Å². The van der Waals surface area contributed by atoms with Crippen molar-refractivity contribution in [3.63, 3.8) is 0 Å². The van der Waals surface area contributed by atoms with Crippen molar-refractivity contribution in [1.29, 1.82) is 0 Å². The summed E-state index contributed by atoms with van der Waals surface area (Å²) < 4.78 is 1.96. The van der Waals surface area contributed by atoms with Gasteiger partial charge in [0, 0.05) is 0 Å². The normalized spacial score (nSPS) is 42.9.